The molecule has 0 bridgehead atoms. The summed E-state index contributed by atoms with van der Waals surface area (Å²) >= 11 is 0. The van der Waals surface area contributed by atoms with Crippen LogP contribution in [0.3, 0.4) is 0 Å². The van der Waals surface area contributed by atoms with E-state index in [0.717, 1.165) is 25.6 Å². The Labute approximate surface area is 104 Å². The molecule has 0 saturated carbocycles. The lowest BCUT2D eigenvalue weighted by Crippen LogP contribution is -2.42. The molecule has 1 aliphatic heterocycles. The van der Waals surface area contributed by atoms with Crippen LogP contribution in [-0.2, 0) is 6.54 Å². The van der Waals surface area contributed by atoms with E-state index < -0.39 is 0 Å². The van der Waals surface area contributed by atoms with Gasteiger partial charge in [0.15, 0.2) is 0 Å². The van der Waals surface area contributed by atoms with E-state index in [1.54, 1.807) is 0 Å². The Balaban J connectivity index is 1.98. The molecule has 0 spiro atoms. The lowest BCUT2D eigenvalue weighted by atomic mass is 9.87. The van der Waals surface area contributed by atoms with E-state index in [1.807, 2.05) is 12.3 Å². The highest BCUT2D eigenvalue weighted by Crippen LogP contribution is 2.23. The van der Waals surface area contributed by atoms with Gasteiger partial charge in [-0.2, -0.15) is 0 Å². The fourth-order valence-electron chi connectivity index (χ4n) is 2.57. The molecule has 3 nitrogen and oxygen atoms in total. The third-order valence-electron chi connectivity index (χ3n) is 3.99. The zero-order valence-corrected chi connectivity index (χ0v) is 10.9. The highest BCUT2D eigenvalue weighted by atomic mass is 15.1. The molecule has 2 rings (SSSR count). The van der Waals surface area contributed by atoms with Gasteiger partial charge in [0, 0.05) is 19.3 Å². The monoisotopic (exact) mass is 233 g/mol. The van der Waals surface area contributed by atoms with Crippen molar-refractivity contribution in [1.82, 2.24) is 9.88 Å². The van der Waals surface area contributed by atoms with Crippen LogP contribution >= 0.6 is 0 Å². The number of piperidine rings is 1. The Morgan fingerprint density at radius 2 is 2.35 bits per heavy atom. The predicted molar refractivity (Wildman–Crippen MR) is 70.6 cm³/mol. The molecular formula is C14H23N3. The summed E-state index contributed by atoms with van der Waals surface area (Å²) in [4.78, 5) is 6.96. The Kier molecular flexibility index (Phi) is 4.13. The van der Waals surface area contributed by atoms with Crippen molar-refractivity contribution in [3.05, 3.63) is 29.6 Å². The van der Waals surface area contributed by atoms with Crippen LogP contribution in [-0.4, -0.2) is 29.5 Å². The van der Waals surface area contributed by atoms with Crippen molar-refractivity contribution in [3.63, 3.8) is 0 Å². The Morgan fingerprint density at radius 3 is 3.06 bits per heavy atom. The van der Waals surface area contributed by atoms with Gasteiger partial charge in [0.1, 0.15) is 0 Å². The first-order chi connectivity index (χ1) is 8.20. The summed E-state index contributed by atoms with van der Waals surface area (Å²) in [5.41, 5.74) is 8.33. The van der Waals surface area contributed by atoms with E-state index in [4.69, 9.17) is 5.73 Å². The van der Waals surface area contributed by atoms with Crippen LogP contribution in [0.2, 0.25) is 0 Å². The summed E-state index contributed by atoms with van der Waals surface area (Å²) in [5.74, 6) is 1.41. The molecule has 2 heterocycles. The predicted octanol–water partition coefficient (Wildman–Crippen LogP) is 1.81. The smallest absolute Gasteiger partial charge is 0.0573 e. The van der Waals surface area contributed by atoms with Gasteiger partial charge in [-0.1, -0.05) is 13.0 Å². The minimum Gasteiger partial charge on any atom is -0.330 e. The van der Waals surface area contributed by atoms with Gasteiger partial charge in [-0.25, -0.2) is 0 Å². The molecule has 3 heteroatoms. The van der Waals surface area contributed by atoms with Crippen molar-refractivity contribution in [2.45, 2.75) is 26.8 Å². The number of aromatic nitrogens is 1. The number of rotatable bonds is 3. The van der Waals surface area contributed by atoms with Crippen LogP contribution in [0.25, 0.3) is 0 Å². The molecule has 0 aliphatic carbocycles. The van der Waals surface area contributed by atoms with Gasteiger partial charge < -0.3 is 5.73 Å². The standard InChI is InChI=1S/C14H23N3/c1-11-5-7-17(9-13(11)8-15)10-14-12(2)4-3-6-16-14/h3-4,6,11,13H,5,7-10,15H2,1-2H3. The molecule has 0 amide bonds. The third-order valence-corrected chi connectivity index (χ3v) is 3.99. The fourth-order valence-corrected chi connectivity index (χ4v) is 2.57. The van der Waals surface area contributed by atoms with Gasteiger partial charge in [-0.15, -0.1) is 0 Å². The minimum absolute atomic E-state index is 0.646. The quantitative estimate of drug-likeness (QED) is 0.865. The van der Waals surface area contributed by atoms with E-state index >= 15 is 0 Å². The average Bonchev–Trinajstić information content (AvgIpc) is 2.34. The van der Waals surface area contributed by atoms with Crippen LogP contribution in [0.1, 0.15) is 24.6 Å². The van der Waals surface area contributed by atoms with Crippen LogP contribution in [0.4, 0.5) is 0 Å². The largest absolute Gasteiger partial charge is 0.330 e. The first-order valence-electron chi connectivity index (χ1n) is 6.53. The molecule has 1 fully saturated rings. The number of pyridine rings is 1. The maximum absolute atomic E-state index is 5.84. The van der Waals surface area contributed by atoms with E-state index in [1.165, 1.54) is 24.2 Å². The molecule has 2 unspecified atom stereocenters. The van der Waals surface area contributed by atoms with Crippen molar-refractivity contribution in [3.8, 4) is 0 Å². The normalized spacial score (nSPS) is 26.1. The summed E-state index contributed by atoms with van der Waals surface area (Å²) in [6.45, 7) is 8.52. The second-order valence-electron chi connectivity index (χ2n) is 5.26. The molecule has 1 saturated heterocycles. The minimum atomic E-state index is 0.646. The second-order valence-corrected chi connectivity index (χ2v) is 5.26. The molecule has 1 aromatic rings. The number of nitrogens with two attached hydrogens (primary N) is 1. The number of likely N-dealkylation sites (tertiary alicyclic amines) is 1. The van der Waals surface area contributed by atoms with Crippen molar-refractivity contribution >= 4 is 0 Å². The first kappa shape index (κ1) is 12.5. The highest BCUT2D eigenvalue weighted by molar-refractivity contribution is 5.17. The number of hydrogen-bond acceptors (Lipinski definition) is 3. The van der Waals surface area contributed by atoms with Crippen molar-refractivity contribution < 1.29 is 0 Å². The van der Waals surface area contributed by atoms with Crippen LogP contribution < -0.4 is 5.73 Å². The van der Waals surface area contributed by atoms with E-state index in [9.17, 15) is 0 Å². The average molecular weight is 233 g/mol. The fraction of sp³-hybridized carbons (Fsp3) is 0.643. The lowest BCUT2D eigenvalue weighted by Gasteiger charge is -2.36. The van der Waals surface area contributed by atoms with Crippen LogP contribution in [0.15, 0.2) is 18.3 Å². The topological polar surface area (TPSA) is 42.2 Å². The maximum Gasteiger partial charge on any atom is 0.0573 e. The molecule has 1 aliphatic rings. The molecule has 2 N–H and O–H groups in total. The molecule has 94 valence electrons. The number of nitrogens with zero attached hydrogens (tertiary/aromatic N) is 2. The molecule has 1 aromatic heterocycles. The highest BCUT2D eigenvalue weighted by Gasteiger charge is 2.25. The van der Waals surface area contributed by atoms with Gasteiger partial charge in [0.2, 0.25) is 0 Å². The molecule has 0 aromatic carbocycles. The van der Waals surface area contributed by atoms with Crippen molar-refractivity contribution in [1.29, 1.82) is 0 Å². The first-order valence-corrected chi connectivity index (χ1v) is 6.53. The van der Waals surface area contributed by atoms with Gasteiger partial charge in [0.25, 0.3) is 0 Å². The second kappa shape index (κ2) is 5.61. The third kappa shape index (κ3) is 3.05. The Morgan fingerprint density at radius 1 is 1.53 bits per heavy atom. The van der Waals surface area contributed by atoms with E-state index in [2.05, 4.69) is 29.8 Å². The number of hydrogen-bond donors (Lipinski definition) is 1. The summed E-state index contributed by atoms with van der Waals surface area (Å²) < 4.78 is 0. The SMILES string of the molecule is Cc1cccnc1CN1CCC(C)C(CN)C1. The zero-order valence-electron chi connectivity index (χ0n) is 10.9. The Bertz CT molecular complexity index is 364. The van der Waals surface area contributed by atoms with Gasteiger partial charge in [-0.05, 0) is 49.9 Å². The summed E-state index contributed by atoms with van der Waals surface area (Å²) in [6.07, 6.45) is 3.14. The molecule has 2 atom stereocenters. The maximum atomic E-state index is 5.84. The van der Waals surface area contributed by atoms with Crippen LogP contribution in [0.5, 0.6) is 0 Å². The van der Waals surface area contributed by atoms with E-state index in [-0.39, 0.29) is 0 Å². The summed E-state index contributed by atoms with van der Waals surface area (Å²) in [7, 11) is 0. The lowest BCUT2D eigenvalue weighted by molar-refractivity contribution is 0.125. The van der Waals surface area contributed by atoms with Gasteiger partial charge in [-0.3, -0.25) is 9.88 Å². The van der Waals surface area contributed by atoms with Crippen molar-refractivity contribution in [2.75, 3.05) is 19.6 Å². The van der Waals surface area contributed by atoms with Crippen LogP contribution in [0, 0.1) is 18.8 Å². The summed E-state index contributed by atoms with van der Waals surface area (Å²) in [6, 6.07) is 4.13. The zero-order chi connectivity index (χ0) is 12.3. The van der Waals surface area contributed by atoms with E-state index in [0.29, 0.717) is 5.92 Å². The summed E-state index contributed by atoms with van der Waals surface area (Å²) in [5, 5.41) is 0. The van der Waals surface area contributed by atoms with Gasteiger partial charge in [0.05, 0.1) is 5.69 Å². The molecule has 17 heavy (non-hydrogen) atoms. The molecular weight excluding hydrogens is 210 g/mol. The number of aryl methyl sites for hydroxylation is 1. The van der Waals surface area contributed by atoms with Crippen molar-refractivity contribution in [2.24, 2.45) is 17.6 Å². The molecule has 0 radical (unpaired) electrons. The van der Waals surface area contributed by atoms with Gasteiger partial charge >= 0.3 is 0 Å². The Hall–Kier alpha value is -0.930.